The van der Waals surface area contributed by atoms with Gasteiger partial charge in [0.1, 0.15) is 0 Å². The molecule has 0 saturated carbocycles. The summed E-state index contributed by atoms with van der Waals surface area (Å²) in [6, 6.07) is 7.16. The van der Waals surface area contributed by atoms with Crippen molar-refractivity contribution >= 4 is 21.8 Å². The third kappa shape index (κ3) is 4.18. The summed E-state index contributed by atoms with van der Waals surface area (Å²) in [6.45, 7) is 3.60. The Morgan fingerprint density at radius 1 is 1.37 bits per heavy atom. The Hall–Kier alpha value is -0.620. The Balaban J connectivity index is 1.95. The Morgan fingerprint density at radius 3 is 2.68 bits per heavy atom. The largest absolute Gasteiger partial charge is 0.279 e. The van der Waals surface area contributed by atoms with Crippen LogP contribution in [-0.4, -0.2) is 25.8 Å². The molecule has 0 radical (unpaired) electrons. The molecule has 1 saturated heterocycles. The van der Waals surface area contributed by atoms with Gasteiger partial charge in [-0.2, -0.15) is 17.4 Å². The first kappa shape index (κ1) is 14.8. The van der Waals surface area contributed by atoms with Gasteiger partial charge in [-0.15, -0.1) is 0 Å². The van der Waals surface area contributed by atoms with E-state index in [2.05, 4.69) is 11.6 Å². The summed E-state index contributed by atoms with van der Waals surface area (Å²) in [5.74, 6) is 0.431. The lowest BCUT2D eigenvalue weighted by Gasteiger charge is -2.29. The molecular weight excluding hydrogens is 284 g/mol. The third-order valence-corrected chi connectivity index (χ3v) is 5.10. The van der Waals surface area contributed by atoms with Crippen LogP contribution in [0.15, 0.2) is 24.3 Å². The topological polar surface area (TPSA) is 49.4 Å². The van der Waals surface area contributed by atoms with E-state index < -0.39 is 10.2 Å². The smallest absolute Gasteiger partial charge is 0.198 e. The van der Waals surface area contributed by atoms with Gasteiger partial charge in [0, 0.05) is 24.7 Å². The van der Waals surface area contributed by atoms with E-state index in [-0.39, 0.29) is 0 Å². The average molecular weight is 303 g/mol. The van der Waals surface area contributed by atoms with Crippen molar-refractivity contribution in [3.63, 3.8) is 0 Å². The fourth-order valence-corrected chi connectivity index (χ4v) is 3.71. The number of rotatable bonds is 4. The minimum Gasteiger partial charge on any atom is -0.198 e. The van der Waals surface area contributed by atoms with Crippen molar-refractivity contribution in [1.82, 2.24) is 9.03 Å². The summed E-state index contributed by atoms with van der Waals surface area (Å²) >= 11 is 5.79. The van der Waals surface area contributed by atoms with Gasteiger partial charge < -0.3 is 0 Å². The lowest BCUT2D eigenvalue weighted by atomic mass is 10.0. The fraction of sp³-hybridized carbons (Fsp3) is 0.538. The molecule has 1 aliphatic heterocycles. The molecule has 6 heteroatoms. The van der Waals surface area contributed by atoms with Gasteiger partial charge in [0.05, 0.1) is 0 Å². The van der Waals surface area contributed by atoms with E-state index in [1.165, 1.54) is 4.31 Å². The van der Waals surface area contributed by atoms with Crippen LogP contribution < -0.4 is 4.72 Å². The molecule has 0 spiro atoms. The van der Waals surface area contributed by atoms with Crippen LogP contribution in [0.4, 0.5) is 0 Å². The average Bonchev–Trinajstić information content (AvgIpc) is 2.38. The molecule has 1 fully saturated rings. The summed E-state index contributed by atoms with van der Waals surface area (Å²) in [7, 11) is -3.37. The maximum atomic E-state index is 12.2. The second kappa shape index (κ2) is 6.22. The van der Waals surface area contributed by atoms with E-state index in [4.69, 9.17) is 11.6 Å². The number of benzene rings is 1. The molecule has 2 rings (SSSR count). The molecule has 0 aromatic heterocycles. The molecule has 0 unspecified atom stereocenters. The van der Waals surface area contributed by atoms with Crippen LogP contribution in [0.2, 0.25) is 5.02 Å². The van der Waals surface area contributed by atoms with Gasteiger partial charge in [0.25, 0.3) is 10.2 Å². The van der Waals surface area contributed by atoms with Crippen LogP contribution in [0.1, 0.15) is 25.3 Å². The molecule has 1 N–H and O–H groups in total. The zero-order valence-corrected chi connectivity index (χ0v) is 12.5. The number of halogens is 1. The van der Waals surface area contributed by atoms with Crippen LogP contribution >= 0.6 is 11.6 Å². The summed E-state index contributed by atoms with van der Waals surface area (Å²) < 4.78 is 28.5. The molecule has 1 aliphatic rings. The van der Waals surface area contributed by atoms with Crippen LogP contribution in [0.25, 0.3) is 0 Å². The first-order valence-corrected chi connectivity index (χ1v) is 8.28. The standard InChI is InChI=1S/C13H19ClN2O2S/c1-11-3-2-8-16(10-11)19(17,18)15-9-12-4-6-13(14)7-5-12/h4-7,11,15H,2-3,8-10H2,1H3/t11-/m0/s1. The number of hydrogen-bond acceptors (Lipinski definition) is 2. The highest BCUT2D eigenvalue weighted by Gasteiger charge is 2.26. The highest BCUT2D eigenvalue weighted by Crippen LogP contribution is 2.18. The summed E-state index contributed by atoms with van der Waals surface area (Å²) in [5.41, 5.74) is 0.901. The second-order valence-electron chi connectivity index (χ2n) is 5.06. The Labute approximate surface area is 119 Å². The predicted octanol–water partition coefficient (Wildman–Crippen LogP) is 2.41. The third-order valence-electron chi connectivity index (χ3n) is 3.33. The quantitative estimate of drug-likeness (QED) is 0.928. The van der Waals surface area contributed by atoms with Crippen LogP contribution in [0, 0.1) is 5.92 Å². The number of hydrogen-bond donors (Lipinski definition) is 1. The van der Waals surface area contributed by atoms with Crippen molar-refractivity contribution in [2.75, 3.05) is 13.1 Å². The summed E-state index contributed by atoms with van der Waals surface area (Å²) in [5, 5.41) is 0.650. The van der Waals surface area contributed by atoms with Gasteiger partial charge in [-0.1, -0.05) is 30.7 Å². The van der Waals surface area contributed by atoms with E-state index >= 15 is 0 Å². The molecule has 1 aromatic rings. The number of piperidine rings is 1. The SMILES string of the molecule is C[C@H]1CCCN(S(=O)(=O)NCc2ccc(Cl)cc2)C1. The molecule has 1 aromatic carbocycles. The van der Waals surface area contributed by atoms with Crippen LogP contribution in [0.5, 0.6) is 0 Å². The molecule has 0 aliphatic carbocycles. The predicted molar refractivity (Wildman–Crippen MR) is 77.2 cm³/mol. The molecule has 19 heavy (non-hydrogen) atoms. The fourth-order valence-electron chi connectivity index (χ4n) is 2.23. The molecule has 1 atom stereocenters. The minimum absolute atomic E-state index is 0.296. The van der Waals surface area contributed by atoms with Gasteiger partial charge >= 0.3 is 0 Å². The van der Waals surface area contributed by atoms with Crippen molar-refractivity contribution in [1.29, 1.82) is 0 Å². The number of nitrogens with zero attached hydrogens (tertiary/aromatic N) is 1. The monoisotopic (exact) mass is 302 g/mol. The Kier molecular flexibility index (Phi) is 4.84. The van der Waals surface area contributed by atoms with E-state index in [1.807, 2.05) is 12.1 Å². The van der Waals surface area contributed by atoms with E-state index in [0.29, 0.717) is 30.6 Å². The van der Waals surface area contributed by atoms with Crippen molar-refractivity contribution in [2.45, 2.75) is 26.3 Å². The highest BCUT2D eigenvalue weighted by atomic mass is 35.5. The normalized spacial score (nSPS) is 21.5. The molecular formula is C13H19ClN2O2S. The van der Waals surface area contributed by atoms with Crippen molar-refractivity contribution < 1.29 is 8.42 Å². The lowest BCUT2D eigenvalue weighted by Crippen LogP contribution is -2.45. The highest BCUT2D eigenvalue weighted by molar-refractivity contribution is 7.87. The first-order chi connectivity index (χ1) is 8.97. The zero-order valence-electron chi connectivity index (χ0n) is 11.0. The zero-order chi connectivity index (χ0) is 13.9. The van der Waals surface area contributed by atoms with E-state index in [1.54, 1.807) is 12.1 Å². The molecule has 1 heterocycles. The first-order valence-electron chi connectivity index (χ1n) is 6.46. The molecule has 0 amide bonds. The van der Waals surface area contributed by atoms with Crippen molar-refractivity contribution in [3.05, 3.63) is 34.9 Å². The lowest BCUT2D eigenvalue weighted by molar-refractivity contribution is 0.278. The van der Waals surface area contributed by atoms with Gasteiger partial charge in [0.2, 0.25) is 0 Å². The maximum absolute atomic E-state index is 12.2. The maximum Gasteiger partial charge on any atom is 0.279 e. The van der Waals surface area contributed by atoms with Crippen molar-refractivity contribution in [2.24, 2.45) is 5.92 Å². The number of nitrogens with one attached hydrogen (secondary N) is 1. The van der Waals surface area contributed by atoms with Gasteiger partial charge in [-0.05, 0) is 36.5 Å². The van der Waals surface area contributed by atoms with E-state index in [0.717, 1.165) is 18.4 Å². The minimum atomic E-state index is -3.37. The van der Waals surface area contributed by atoms with E-state index in [9.17, 15) is 8.42 Å². The summed E-state index contributed by atoms with van der Waals surface area (Å²) in [6.07, 6.45) is 2.03. The molecule has 0 bridgehead atoms. The molecule has 4 nitrogen and oxygen atoms in total. The second-order valence-corrected chi connectivity index (χ2v) is 7.25. The molecule has 106 valence electrons. The van der Waals surface area contributed by atoms with Gasteiger partial charge in [-0.3, -0.25) is 0 Å². The van der Waals surface area contributed by atoms with Crippen LogP contribution in [-0.2, 0) is 16.8 Å². The Bertz CT molecular complexity index is 516. The van der Waals surface area contributed by atoms with Crippen molar-refractivity contribution in [3.8, 4) is 0 Å². The van der Waals surface area contributed by atoms with Crippen LogP contribution in [0.3, 0.4) is 0 Å². The Morgan fingerprint density at radius 2 is 2.05 bits per heavy atom. The van der Waals surface area contributed by atoms with Gasteiger partial charge in [0.15, 0.2) is 0 Å². The summed E-state index contributed by atoms with van der Waals surface area (Å²) in [4.78, 5) is 0. The van der Waals surface area contributed by atoms with Gasteiger partial charge in [-0.25, -0.2) is 0 Å².